The lowest BCUT2D eigenvalue weighted by Crippen LogP contribution is -2.46. The maximum Gasteiger partial charge on any atom is 0.329 e. The van der Waals surface area contributed by atoms with Crippen molar-refractivity contribution < 1.29 is 23.9 Å². The van der Waals surface area contributed by atoms with Crippen LogP contribution in [0.25, 0.3) is 0 Å². The summed E-state index contributed by atoms with van der Waals surface area (Å²) in [6.45, 7) is 2.09. The number of rotatable bonds is 10. The first kappa shape index (κ1) is 21.0. The van der Waals surface area contributed by atoms with Gasteiger partial charge in [0.15, 0.2) is 6.61 Å². The molecule has 1 aliphatic rings. The van der Waals surface area contributed by atoms with Crippen LogP contribution < -0.4 is 5.32 Å². The smallest absolute Gasteiger partial charge is 0.329 e. The standard InChI is InChI=1S/C19H24N2O5S/c1-3-4-10-20-16(22)12-26-19(25)15(9-11-27-2)21-17(23)13-7-5-6-8-14(13)18(21)24/h5-8,15H,3-4,9-12H2,1-2H3,(H,20,22)/t15-/m1/s1. The van der Waals surface area contributed by atoms with Crippen molar-refractivity contribution >= 4 is 35.5 Å². The second kappa shape index (κ2) is 10.1. The van der Waals surface area contributed by atoms with Crippen molar-refractivity contribution in [3.8, 4) is 0 Å². The van der Waals surface area contributed by atoms with E-state index >= 15 is 0 Å². The first-order valence-corrected chi connectivity index (χ1v) is 10.3. The number of ether oxygens (including phenoxy) is 1. The molecular formula is C19H24N2O5S. The average Bonchev–Trinajstić information content (AvgIpc) is 2.92. The number of amides is 3. The molecule has 0 radical (unpaired) electrons. The van der Waals surface area contributed by atoms with E-state index in [2.05, 4.69) is 5.32 Å². The highest BCUT2D eigenvalue weighted by Crippen LogP contribution is 2.26. The van der Waals surface area contributed by atoms with Crippen LogP contribution in [0.1, 0.15) is 46.9 Å². The van der Waals surface area contributed by atoms with Gasteiger partial charge in [0.1, 0.15) is 6.04 Å². The highest BCUT2D eigenvalue weighted by Gasteiger charge is 2.43. The van der Waals surface area contributed by atoms with Crippen LogP contribution in [0.3, 0.4) is 0 Å². The van der Waals surface area contributed by atoms with Crippen LogP contribution in [0.4, 0.5) is 0 Å². The number of nitrogens with zero attached hydrogens (tertiary/aromatic N) is 1. The molecule has 1 N–H and O–H groups in total. The molecule has 1 heterocycles. The Kier molecular flexibility index (Phi) is 7.84. The lowest BCUT2D eigenvalue weighted by Gasteiger charge is -2.24. The van der Waals surface area contributed by atoms with Gasteiger partial charge < -0.3 is 10.1 Å². The van der Waals surface area contributed by atoms with Gasteiger partial charge in [-0.1, -0.05) is 25.5 Å². The van der Waals surface area contributed by atoms with Crippen molar-refractivity contribution in [2.45, 2.75) is 32.2 Å². The van der Waals surface area contributed by atoms with Crippen LogP contribution in [-0.2, 0) is 14.3 Å². The maximum atomic E-state index is 12.6. The number of esters is 1. The van der Waals surface area contributed by atoms with Gasteiger partial charge >= 0.3 is 5.97 Å². The molecule has 8 heteroatoms. The number of carbonyl (C=O) groups excluding carboxylic acids is 4. The molecule has 0 aliphatic carbocycles. The molecule has 1 aliphatic heterocycles. The number of fused-ring (bicyclic) bond motifs is 1. The van der Waals surface area contributed by atoms with Crippen LogP contribution in [0.2, 0.25) is 0 Å². The minimum absolute atomic E-state index is 0.267. The van der Waals surface area contributed by atoms with Crippen LogP contribution in [0.5, 0.6) is 0 Å². The predicted molar refractivity (Wildman–Crippen MR) is 103 cm³/mol. The first-order chi connectivity index (χ1) is 13.0. The molecule has 0 saturated carbocycles. The lowest BCUT2D eigenvalue weighted by molar-refractivity contribution is -0.152. The Morgan fingerprint density at radius 3 is 2.37 bits per heavy atom. The van der Waals surface area contributed by atoms with E-state index in [9.17, 15) is 19.2 Å². The van der Waals surface area contributed by atoms with Gasteiger partial charge in [0.05, 0.1) is 11.1 Å². The molecule has 2 rings (SSSR count). The fraction of sp³-hybridized carbons (Fsp3) is 0.474. The number of benzene rings is 1. The largest absolute Gasteiger partial charge is 0.454 e. The van der Waals surface area contributed by atoms with Crippen molar-refractivity contribution in [2.75, 3.05) is 25.2 Å². The Bertz CT molecular complexity index is 687. The summed E-state index contributed by atoms with van der Waals surface area (Å²) in [5, 5.41) is 2.65. The Hall–Kier alpha value is -2.35. The molecule has 0 aromatic heterocycles. The van der Waals surface area contributed by atoms with Crippen LogP contribution in [0, 0.1) is 0 Å². The summed E-state index contributed by atoms with van der Waals surface area (Å²) >= 11 is 1.49. The van der Waals surface area contributed by atoms with Gasteiger partial charge in [0, 0.05) is 6.54 Å². The van der Waals surface area contributed by atoms with Crippen LogP contribution >= 0.6 is 11.8 Å². The average molecular weight is 392 g/mol. The fourth-order valence-corrected chi connectivity index (χ4v) is 3.22. The molecule has 0 spiro atoms. The van der Waals surface area contributed by atoms with E-state index in [1.54, 1.807) is 24.3 Å². The van der Waals surface area contributed by atoms with E-state index in [0.717, 1.165) is 17.7 Å². The van der Waals surface area contributed by atoms with Crippen LogP contribution in [0.15, 0.2) is 24.3 Å². The topological polar surface area (TPSA) is 92.8 Å². The number of carbonyl (C=O) groups is 4. The quantitative estimate of drug-likeness (QED) is 0.371. The molecule has 7 nitrogen and oxygen atoms in total. The molecule has 0 fully saturated rings. The van der Waals surface area contributed by atoms with Crippen molar-refractivity contribution in [1.82, 2.24) is 10.2 Å². The van der Waals surface area contributed by atoms with Gasteiger partial charge in [-0.3, -0.25) is 19.3 Å². The highest BCUT2D eigenvalue weighted by atomic mass is 32.2. The third kappa shape index (κ3) is 5.09. The normalized spacial score (nSPS) is 14.1. The Morgan fingerprint density at radius 2 is 1.81 bits per heavy atom. The molecule has 0 unspecified atom stereocenters. The Morgan fingerprint density at radius 1 is 1.19 bits per heavy atom. The van der Waals surface area contributed by atoms with E-state index in [1.807, 2.05) is 13.2 Å². The van der Waals surface area contributed by atoms with E-state index in [0.29, 0.717) is 12.3 Å². The summed E-state index contributed by atoms with van der Waals surface area (Å²) in [5.74, 6) is -1.60. The lowest BCUT2D eigenvalue weighted by atomic mass is 10.1. The SMILES string of the molecule is CCCCNC(=O)COC(=O)[C@@H](CCSC)N1C(=O)c2ccccc2C1=O. The van der Waals surface area contributed by atoms with Gasteiger partial charge in [-0.15, -0.1) is 0 Å². The highest BCUT2D eigenvalue weighted by molar-refractivity contribution is 7.98. The van der Waals surface area contributed by atoms with Crippen LogP contribution in [-0.4, -0.2) is 59.8 Å². The maximum absolute atomic E-state index is 12.6. The summed E-state index contributed by atoms with van der Waals surface area (Å²) < 4.78 is 5.10. The number of hydrogen-bond donors (Lipinski definition) is 1. The van der Waals surface area contributed by atoms with E-state index in [-0.39, 0.29) is 17.5 Å². The Balaban J connectivity index is 2.07. The fourth-order valence-electron chi connectivity index (χ4n) is 2.76. The minimum atomic E-state index is -1.05. The molecule has 1 aromatic carbocycles. The monoisotopic (exact) mass is 392 g/mol. The summed E-state index contributed by atoms with van der Waals surface area (Å²) in [5.41, 5.74) is 0.559. The third-order valence-electron chi connectivity index (χ3n) is 4.20. The van der Waals surface area contributed by atoms with E-state index in [1.165, 1.54) is 11.8 Å². The van der Waals surface area contributed by atoms with E-state index in [4.69, 9.17) is 4.74 Å². The second-order valence-corrected chi connectivity index (χ2v) is 7.12. The molecule has 1 aromatic rings. The van der Waals surface area contributed by atoms with Gasteiger partial charge in [0.2, 0.25) is 0 Å². The summed E-state index contributed by atoms with van der Waals surface area (Å²) in [4.78, 5) is 50.5. The van der Waals surface area contributed by atoms with Gasteiger partial charge in [-0.25, -0.2) is 4.79 Å². The zero-order valence-corrected chi connectivity index (χ0v) is 16.3. The van der Waals surface area contributed by atoms with Gasteiger partial charge in [-0.2, -0.15) is 11.8 Å². The summed E-state index contributed by atoms with van der Waals surface area (Å²) in [7, 11) is 0. The Labute approximate surface area is 162 Å². The molecule has 0 saturated heterocycles. The zero-order valence-electron chi connectivity index (χ0n) is 15.5. The molecular weight excluding hydrogens is 368 g/mol. The summed E-state index contributed by atoms with van der Waals surface area (Å²) in [6.07, 6.45) is 3.91. The molecule has 3 amide bonds. The first-order valence-electron chi connectivity index (χ1n) is 8.90. The molecule has 1 atom stereocenters. The van der Waals surface area contributed by atoms with Crippen molar-refractivity contribution in [3.05, 3.63) is 35.4 Å². The van der Waals surface area contributed by atoms with Gasteiger partial charge in [-0.05, 0) is 37.0 Å². The second-order valence-electron chi connectivity index (χ2n) is 6.13. The number of unbranched alkanes of at least 4 members (excludes halogenated alkanes) is 1. The molecule has 0 bridgehead atoms. The van der Waals surface area contributed by atoms with Crippen molar-refractivity contribution in [2.24, 2.45) is 0 Å². The van der Waals surface area contributed by atoms with Gasteiger partial charge in [0.25, 0.3) is 17.7 Å². The number of thioether (sulfide) groups is 1. The molecule has 27 heavy (non-hydrogen) atoms. The van der Waals surface area contributed by atoms with E-state index < -0.39 is 36.3 Å². The minimum Gasteiger partial charge on any atom is -0.454 e. The van der Waals surface area contributed by atoms with Crippen molar-refractivity contribution in [1.29, 1.82) is 0 Å². The predicted octanol–water partition coefficient (Wildman–Crippen LogP) is 1.86. The number of hydrogen-bond acceptors (Lipinski definition) is 6. The third-order valence-corrected chi connectivity index (χ3v) is 4.85. The number of imide groups is 1. The van der Waals surface area contributed by atoms with Crippen molar-refractivity contribution in [3.63, 3.8) is 0 Å². The number of nitrogens with one attached hydrogen (secondary N) is 1. The zero-order chi connectivity index (χ0) is 19.8. The summed E-state index contributed by atoms with van der Waals surface area (Å²) in [6, 6.07) is 5.42. The molecule has 146 valence electrons.